The highest BCUT2D eigenvalue weighted by Crippen LogP contribution is 2.35. The second-order valence-corrected chi connectivity index (χ2v) is 6.13. The maximum Gasteiger partial charge on any atom is 0.340 e. The normalized spacial score (nSPS) is 13.9. The van der Waals surface area contributed by atoms with Crippen molar-refractivity contribution in [3.63, 3.8) is 0 Å². The highest BCUT2D eigenvalue weighted by Gasteiger charge is 2.28. The minimum absolute atomic E-state index is 0.198. The van der Waals surface area contributed by atoms with E-state index >= 15 is 0 Å². The Kier molecular flexibility index (Phi) is 4.60. The quantitative estimate of drug-likeness (QED) is 0.813. The number of hydrogen-bond acceptors (Lipinski definition) is 2. The van der Waals surface area contributed by atoms with E-state index in [1.807, 2.05) is 6.92 Å². The highest BCUT2D eigenvalue weighted by atomic mass is 16.5. The van der Waals surface area contributed by atoms with Crippen molar-refractivity contribution in [3.8, 4) is 11.4 Å². The minimum Gasteiger partial charge on any atom is -0.462 e. The van der Waals surface area contributed by atoms with E-state index in [9.17, 15) is 4.79 Å². The molecule has 0 saturated heterocycles. The van der Waals surface area contributed by atoms with Crippen LogP contribution < -0.4 is 0 Å². The molecular formula is C19H26N2O2. The van der Waals surface area contributed by atoms with E-state index < -0.39 is 0 Å². The van der Waals surface area contributed by atoms with Gasteiger partial charge in [0.1, 0.15) is 0 Å². The monoisotopic (exact) mass is 314 g/mol. The molecule has 0 aliphatic heterocycles. The summed E-state index contributed by atoms with van der Waals surface area (Å²) in [6.07, 6.45) is 8.32. The van der Waals surface area contributed by atoms with Gasteiger partial charge in [-0.1, -0.05) is 13.8 Å². The largest absolute Gasteiger partial charge is 0.462 e. The fourth-order valence-electron chi connectivity index (χ4n) is 3.74. The molecule has 0 bridgehead atoms. The van der Waals surface area contributed by atoms with Crippen molar-refractivity contribution in [1.82, 2.24) is 9.97 Å². The zero-order valence-corrected chi connectivity index (χ0v) is 14.3. The molecule has 2 aromatic rings. The topological polar surface area (TPSA) is 57.9 Å². The predicted octanol–water partition coefficient (Wildman–Crippen LogP) is 4.19. The van der Waals surface area contributed by atoms with Gasteiger partial charge in [-0.25, -0.2) is 4.79 Å². The molecule has 2 heterocycles. The average Bonchev–Trinajstić information content (AvgIpc) is 3.15. The van der Waals surface area contributed by atoms with Crippen LogP contribution in [0, 0.1) is 0 Å². The summed E-state index contributed by atoms with van der Waals surface area (Å²) in [5.41, 5.74) is 7.74. The van der Waals surface area contributed by atoms with Gasteiger partial charge in [0.2, 0.25) is 0 Å². The molecule has 0 radical (unpaired) electrons. The lowest BCUT2D eigenvalue weighted by Gasteiger charge is -2.12. The number of aromatic nitrogens is 2. The molecule has 0 atom stereocenters. The van der Waals surface area contributed by atoms with Crippen molar-refractivity contribution in [2.24, 2.45) is 0 Å². The molecule has 124 valence electrons. The van der Waals surface area contributed by atoms with E-state index in [0.29, 0.717) is 6.61 Å². The van der Waals surface area contributed by atoms with Crippen LogP contribution in [-0.4, -0.2) is 22.5 Å². The summed E-state index contributed by atoms with van der Waals surface area (Å²) in [5.74, 6) is -0.198. The Labute approximate surface area is 137 Å². The molecular weight excluding hydrogens is 288 g/mol. The number of fused-ring (bicyclic) bond motifs is 1. The summed E-state index contributed by atoms with van der Waals surface area (Å²) in [6, 6.07) is 0. The highest BCUT2D eigenvalue weighted by molar-refractivity contribution is 5.98. The second-order valence-electron chi connectivity index (χ2n) is 6.13. The molecule has 2 aromatic heterocycles. The number of aromatic amines is 2. The van der Waals surface area contributed by atoms with Gasteiger partial charge in [-0.05, 0) is 62.1 Å². The number of esters is 1. The number of nitrogens with one attached hydrogen (secondary N) is 2. The lowest BCUT2D eigenvalue weighted by Crippen LogP contribution is -2.10. The van der Waals surface area contributed by atoms with E-state index in [-0.39, 0.29) is 5.97 Å². The van der Waals surface area contributed by atoms with E-state index in [1.165, 1.54) is 28.8 Å². The lowest BCUT2D eigenvalue weighted by molar-refractivity contribution is 0.0526. The van der Waals surface area contributed by atoms with E-state index in [2.05, 4.69) is 30.0 Å². The summed E-state index contributed by atoms with van der Waals surface area (Å²) in [4.78, 5) is 19.5. The van der Waals surface area contributed by atoms with Gasteiger partial charge >= 0.3 is 5.97 Å². The number of carbonyl (C=O) groups excluding carboxylic acids is 1. The molecule has 0 fully saturated rings. The molecule has 2 N–H and O–H groups in total. The van der Waals surface area contributed by atoms with Gasteiger partial charge in [0.25, 0.3) is 0 Å². The SMILES string of the molecule is CCOC(=O)c1c(-c2[nH]cc(CC)c2CC)[nH]c2c1CCCC2. The van der Waals surface area contributed by atoms with Crippen LogP contribution in [-0.2, 0) is 30.4 Å². The van der Waals surface area contributed by atoms with Crippen LogP contribution in [0.3, 0.4) is 0 Å². The maximum atomic E-state index is 12.6. The number of carbonyl (C=O) groups is 1. The summed E-state index contributed by atoms with van der Waals surface area (Å²) < 4.78 is 5.35. The van der Waals surface area contributed by atoms with Gasteiger partial charge in [0.15, 0.2) is 0 Å². The molecule has 23 heavy (non-hydrogen) atoms. The van der Waals surface area contributed by atoms with Crippen molar-refractivity contribution < 1.29 is 9.53 Å². The van der Waals surface area contributed by atoms with Crippen molar-refractivity contribution in [1.29, 1.82) is 0 Å². The molecule has 0 saturated carbocycles. The first kappa shape index (κ1) is 15.9. The first-order valence-electron chi connectivity index (χ1n) is 8.81. The molecule has 4 nitrogen and oxygen atoms in total. The van der Waals surface area contributed by atoms with Crippen molar-refractivity contribution >= 4 is 5.97 Å². The standard InChI is InChI=1S/C19H26N2O2/c1-4-12-11-20-17(13(12)5-2)18-16(19(22)23-6-3)14-9-7-8-10-15(14)21-18/h11,20-21H,4-10H2,1-3H3. The van der Waals surface area contributed by atoms with E-state index in [1.54, 1.807) is 0 Å². The molecule has 0 unspecified atom stereocenters. The van der Waals surface area contributed by atoms with Gasteiger partial charge < -0.3 is 14.7 Å². The van der Waals surface area contributed by atoms with Crippen LogP contribution in [0.1, 0.15) is 66.4 Å². The lowest BCUT2D eigenvalue weighted by atomic mass is 9.93. The summed E-state index contributed by atoms with van der Waals surface area (Å²) in [6.45, 7) is 6.60. The Hall–Kier alpha value is -1.97. The zero-order chi connectivity index (χ0) is 16.4. The van der Waals surface area contributed by atoms with Crippen LogP contribution in [0.5, 0.6) is 0 Å². The fraction of sp³-hybridized carbons (Fsp3) is 0.526. The summed E-state index contributed by atoms with van der Waals surface area (Å²) >= 11 is 0. The molecule has 3 rings (SSSR count). The molecule has 1 aliphatic rings. The second kappa shape index (κ2) is 6.65. The smallest absolute Gasteiger partial charge is 0.340 e. The van der Waals surface area contributed by atoms with Gasteiger partial charge in [0, 0.05) is 11.9 Å². The Balaban J connectivity index is 2.17. The van der Waals surface area contributed by atoms with Gasteiger partial charge in [-0.2, -0.15) is 0 Å². The summed E-state index contributed by atoms with van der Waals surface area (Å²) in [7, 11) is 0. The summed E-state index contributed by atoms with van der Waals surface area (Å²) in [5, 5.41) is 0. The first-order chi connectivity index (χ1) is 11.2. The van der Waals surface area contributed by atoms with Crippen molar-refractivity contribution in [2.45, 2.75) is 59.3 Å². The van der Waals surface area contributed by atoms with Crippen LogP contribution >= 0.6 is 0 Å². The Bertz CT molecular complexity index is 709. The van der Waals surface area contributed by atoms with Crippen molar-refractivity contribution in [3.05, 3.63) is 34.1 Å². The van der Waals surface area contributed by atoms with Crippen molar-refractivity contribution in [2.75, 3.05) is 6.61 Å². The van der Waals surface area contributed by atoms with E-state index in [4.69, 9.17) is 4.74 Å². The molecule has 1 aliphatic carbocycles. The molecule has 0 spiro atoms. The van der Waals surface area contributed by atoms with Gasteiger partial charge in [-0.3, -0.25) is 0 Å². The number of ether oxygens (including phenoxy) is 1. The Morgan fingerprint density at radius 1 is 1.13 bits per heavy atom. The average molecular weight is 314 g/mol. The van der Waals surface area contributed by atoms with Crippen LogP contribution in [0.15, 0.2) is 6.20 Å². The maximum absolute atomic E-state index is 12.6. The number of H-pyrrole nitrogens is 2. The van der Waals surface area contributed by atoms with Crippen LogP contribution in [0.2, 0.25) is 0 Å². The first-order valence-corrected chi connectivity index (χ1v) is 8.81. The van der Waals surface area contributed by atoms with Crippen LogP contribution in [0.4, 0.5) is 0 Å². The zero-order valence-electron chi connectivity index (χ0n) is 14.3. The van der Waals surface area contributed by atoms with Gasteiger partial charge in [-0.15, -0.1) is 0 Å². The fourth-order valence-corrected chi connectivity index (χ4v) is 3.74. The molecule has 0 amide bonds. The predicted molar refractivity (Wildman–Crippen MR) is 91.9 cm³/mol. The third-order valence-corrected chi connectivity index (χ3v) is 4.84. The third-order valence-electron chi connectivity index (χ3n) is 4.84. The third kappa shape index (κ3) is 2.71. The molecule has 0 aromatic carbocycles. The Morgan fingerprint density at radius 2 is 1.91 bits per heavy atom. The van der Waals surface area contributed by atoms with E-state index in [0.717, 1.165) is 49.1 Å². The minimum atomic E-state index is -0.198. The Morgan fingerprint density at radius 3 is 2.61 bits per heavy atom. The van der Waals surface area contributed by atoms with Gasteiger partial charge in [0.05, 0.1) is 23.6 Å². The van der Waals surface area contributed by atoms with Crippen LogP contribution in [0.25, 0.3) is 11.4 Å². The number of aryl methyl sites for hydroxylation is 2. The molecule has 4 heteroatoms. The number of hydrogen-bond donors (Lipinski definition) is 2. The number of rotatable bonds is 5.